The largest absolute Gasteiger partial charge is 0.478 e. The SMILES string of the molecule is C=CC(=O)O.C=CC(=O)O.C=CC(=O)O.CCCC(CO)(CO)CO.CCCC(CO)(CO)CO. The summed E-state index contributed by atoms with van der Waals surface area (Å²) in [7, 11) is 0. The zero-order chi connectivity index (χ0) is 28.9. The predicted octanol–water partition coefficient (Wildman–Crippen LogP) is 0.271. The quantitative estimate of drug-likeness (QED) is 0.151. The molecule has 0 amide bonds. The summed E-state index contributed by atoms with van der Waals surface area (Å²) >= 11 is 0. The normalized spacial score (nSPS) is 9.60. The van der Waals surface area contributed by atoms with Crippen molar-refractivity contribution < 1.29 is 60.3 Å². The van der Waals surface area contributed by atoms with Crippen molar-refractivity contribution in [2.75, 3.05) is 39.6 Å². The molecule has 0 radical (unpaired) electrons. The van der Waals surface area contributed by atoms with E-state index >= 15 is 0 Å². The molecule has 12 heteroatoms. The van der Waals surface area contributed by atoms with Crippen LogP contribution in [-0.4, -0.2) is 104 Å². The molecule has 0 aromatic rings. The Labute approximate surface area is 206 Å². The number of hydrogen-bond donors (Lipinski definition) is 9. The third-order valence-electron chi connectivity index (χ3n) is 4.10. The summed E-state index contributed by atoms with van der Waals surface area (Å²) in [5.74, 6) is -2.94. The molecule has 0 aliphatic heterocycles. The lowest BCUT2D eigenvalue weighted by molar-refractivity contribution is -0.132. The lowest BCUT2D eigenvalue weighted by Crippen LogP contribution is -2.33. The Balaban J connectivity index is -0.000000112. The van der Waals surface area contributed by atoms with E-state index in [0.29, 0.717) is 12.8 Å². The summed E-state index contributed by atoms with van der Waals surface area (Å²) in [5.41, 5.74) is -1.32. The lowest BCUT2D eigenvalue weighted by Gasteiger charge is -2.26. The van der Waals surface area contributed by atoms with E-state index in [4.69, 9.17) is 46.0 Å². The number of rotatable bonds is 13. The minimum atomic E-state index is -0.981. The molecule has 0 aliphatic carbocycles. The van der Waals surface area contributed by atoms with Gasteiger partial charge in [0.05, 0.1) is 39.6 Å². The number of carbonyl (C=O) groups is 3. The van der Waals surface area contributed by atoms with Crippen molar-refractivity contribution in [2.24, 2.45) is 10.8 Å². The molecule has 12 nitrogen and oxygen atoms in total. The molecule has 0 aromatic carbocycles. The smallest absolute Gasteiger partial charge is 0.327 e. The van der Waals surface area contributed by atoms with Crippen LogP contribution in [0.3, 0.4) is 0 Å². The van der Waals surface area contributed by atoms with Gasteiger partial charge in [-0.2, -0.15) is 0 Å². The van der Waals surface area contributed by atoms with E-state index < -0.39 is 28.7 Å². The van der Waals surface area contributed by atoms with E-state index in [0.717, 1.165) is 31.1 Å². The maximum atomic E-state index is 9.25. The third-order valence-corrected chi connectivity index (χ3v) is 4.10. The van der Waals surface area contributed by atoms with Crippen molar-refractivity contribution in [3.63, 3.8) is 0 Å². The molecule has 0 unspecified atom stereocenters. The molecule has 0 spiro atoms. The summed E-state index contributed by atoms with van der Waals surface area (Å²) in [6, 6.07) is 0. The van der Waals surface area contributed by atoms with E-state index in [2.05, 4.69) is 19.7 Å². The minimum Gasteiger partial charge on any atom is -0.478 e. The van der Waals surface area contributed by atoms with Crippen LogP contribution in [0.25, 0.3) is 0 Å². The Bertz CT molecular complexity index is 471. The molecular weight excluding hydrogens is 468 g/mol. The van der Waals surface area contributed by atoms with Gasteiger partial charge >= 0.3 is 17.9 Å². The Morgan fingerprint density at radius 3 is 0.714 bits per heavy atom. The van der Waals surface area contributed by atoms with E-state index in [-0.39, 0.29) is 39.6 Å². The van der Waals surface area contributed by atoms with Gasteiger partial charge in [0.1, 0.15) is 0 Å². The van der Waals surface area contributed by atoms with Gasteiger partial charge in [0.15, 0.2) is 0 Å². The molecule has 0 aliphatic rings. The average Bonchev–Trinajstić information content (AvgIpc) is 2.87. The van der Waals surface area contributed by atoms with E-state index in [1.165, 1.54) is 0 Å². The summed E-state index contributed by atoms with van der Waals surface area (Å²) in [5, 5.41) is 75.5. The van der Waals surface area contributed by atoms with Crippen LogP contribution in [-0.2, 0) is 14.4 Å². The molecule has 35 heavy (non-hydrogen) atoms. The van der Waals surface area contributed by atoms with Crippen LogP contribution in [0.15, 0.2) is 38.0 Å². The summed E-state index contributed by atoms with van der Waals surface area (Å²) in [6.45, 7) is 11.9. The first-order chi connectivity index (χ1) is 16.3. The van der Waals surface area contributed by atoms with Crippen molar-refractivity contribution in [1.29, 1.82) is 0 Å². The van der Waals surface area contributed by atoms with Gasteiger partial charge in [0.25, 0.3) is 0 Å². The van der Waals surface area contributed by atoms with Gasteiger partial charge in [-0.05, 0) is 12.8 Å². The molecule has 0 atom stereocenters. The second kappa shape index (κ2) is 29.4. The second-order valence-electron chi connectivity index (χ2n) is 7.08. The average molecular weight is 513 g/mol. The van der Waals surface area contributed by atoms with Gasteiger partial charge in [0.2, 0.25) is 0 Å². The van der Waals surface area contributed by atoms with Gasteiger partial charge < -0.3 is 46.0 Å². The highest BCUT2D eigenvalue weighted by Gasteiger charge is 2.27. The van der Waals surface area contributed by atoms with Crippen molar-refractivity contribution >= 4 is 17.9 Å². The van der Waals surface area contributed by atoms with Crippen molar-refractivity contribution in [1.82, 2.24) is 0 Å². The van der Waals surface area contributed by atoms with Gasteiger partial charge in [-0.3, -0.25) is 0 Å². The fourth-order valence-electron chi connectivity index (χ4n) is 1.84. The monoisotopic (exact) mass is 512 g/mol. The summed E-state index contributed by atoms with van der Waals surface area (Å²) < 4.78 is 0. The first kappa shape index (κ1) is 42.5. The molecule has 208 valence electrons. The molecule has 0 aromatic heterocycles. The van der Waals surface area contributed by atoms with Crippen LogP contribution >= 0.6 is 0 Å². The number of aliphatic hydroxyl groups is 6. The van der Waals surface area contributed by atoms with Gasteiger partial charge in [-0.15, -0.1) is 0 Å². The number of hydrogen-bond acceptors (Lipinski definition) is 9. The van der Waals surface area contributed by atoms with E-state index in [1.54, 1.807) is 0 Å². The Kier molecular flexibility index (Phi) is 35.8. The van der Waals surface area contributed by atoms with Gasteiger partial charge in [-0.25, -0.2) is 14.4 Å². The maximum absolute atomic E-state index is 9.25. The highest BCUT2D eigenvalue weighted by Crippen LogP contribution is 2.21. The Morgan fingerprint density at radius 2 is 0.686 bits per heavy atom. The van der Waals surface area contributed by atoms with Crippen LogP contribution < -0.4 is 0 Å². The molecule has 0 heterocycles. The fourth-order valence-corrected chi connectivity index (χ4v) is 1.84. The molecular formula is C23H44O12. The van der Waals surface area contributed by atoms with Gasteiger partial charge in [-0.1, -0.05) is 46.4 Å². The molecule has 0 saturated carbocycles. The molecule has 0 bridgehead atoms. The fraction of sp³-hybridized carbons (Fsp3) is 0.609. The zero-order valence-electron chi connectivity index (χ0n) is 20.7. The van der Waals surface area contributed by atoms with E-state index in [1.807, 2.05) is 13.8 Å². The highest BCUT2D eigenvalue weighted by molar-refractivity contribution is 5.79. The van der Waals surface area contributed by atoms with Crippen LogP contribution in [0, 0.1) is 10.8 Å². The molecule has 0 saturated heterocycles. The predicted molar refractivity (Wildman–Crippen MR) is 131 cm³/mol. The standard InChI is InChI=1S/2C7H16O3.3C3H4O2/c2*1-2-3-7(4-8,5-9)6-10;3*1-2-3(4)5/h2*8-10H,2-6H2,1H3;3*2H,1H2,(H,4,5). The van der Waals surface area contributed by atoms with E-state index in [9.17, 15) is 14.4 Å². The number of aliphatic hydroxyl groups excluding tert-OH is 6. The molecule has 0 fully saturated rings. The molecule has 0 rings (SSSR count). The number of carboxylic acids is 3. The van der Waals surface area contributed by atoms with Crippen LogP contribution in [0.1, 0.15) is 39.5 Å². The zero-order valence-corrected chi connectivity index (χ0v) is 20.7. The topological polar surface area (TPSA) is 233 Å². The number of aliphatic carboxylic acids is 3. The van der Waals surface area contributed by atoms with Crippen LogP contribution in [0.4, 0.5) is 0 Å². The van der Waals surface area contributed by atoms with Crippen LogP contribution in [0.5, 0.6) is 0 Å². The van der Waals surface area contributed by atoms with Crippen molar-refractivity contribution in [3.05, 3.63) is 38.0 Å². The Morgan fingerprint density at radius 1 is 0.543 bits per heavy atom. The Hall–Kier alpha value is -2.61. The van der Waals surface area contributed by atoms with Gasteiger partial charge in [0, 0.05) is 29.1 Å². The lowest BCUT2D eigenvalue weighted by atomic mass is 9.86. The summed E-state index contributed by atoms with van der Waals surface area (Å²) in [4.78, 5) is 27.8. The maximum Gasteiger partial charge on any atom is 0.327 e. The minimum absolute atomic E-state index is 0.145. The number of carboxylic acid groups (broad SMARTS) is 3. The van der Waals surface area contributed by atoms with Crippen molar-refractivity contribution in [2.45, 2.75) is 39.5 Å². The molecule has 9 N–H and O–H groups in total. The first-order valence-electron chi connectivity index (χ1n) is 10.5. The second-order valence-corrected chi connectivity index (χ2v) is 7.08. The first-order valence-corrected chi connectivity index (χ1v) is 10.5. The van der Waals surface area contributed by atoms with Crippen LogP contribution in [0.2, 0.25) is 0 Å². The summed E-state index contributed by atoms with van der Waals surface area (Å²) in [6.07, 6.45) is 5.55. The van der Waals surface area contributed by atoms with Crippen molar-refractivity contribution in [3.8, 4) is 0 Å². The highest BCUT2D eigenvalue weighted by atomic mass is 16.4. The third kappa shape index (κ3) is 31.4.